The molecule has 0 radical (unpaired) electrons. The summed E-state index contributed by atoms with van der Waals surface area (Å²) in [5.74, 6) is 0.661. The predicted octanol–water partition coefficient (Wildman–Crippen LogP) is 2.89. The number of carbonyl (C=O) groups excluding carboxylic acids is 1. The molecular formula is C15H16N2O. The van der Waals surface area contributed by atoms with E-state index in [0.29, 0.717) is 12.2 Å². The number of aryl methyl sites for hydroxylation is 2. The first-order valence-electron chi connectivity index (χ1n) is 5.95. The first kappa shape index (κ1) is 12.4. The summed E-state index contributed by atoms with van der Waals surface area (Å²) in [5, 5.41) is 0. The van der Waals surface area contributed by atoms with Crippen molar-refractivity contribution in [3.63, 3.8) is 0 Å². The van der Waals surface area contributed by atoms with Crippen LogP contribution in [0.25, 0.3) is 11.3 Å². The van der Waals surface area contributed by atoms with E-state index in [4.69, 9.17) is 0 Å². The molecule has 3 nitrogen and oxygen atoms in total. The van der Waals surface area contributed by atoms with Crippen molar-refractivity contribution in [1.29, 1.82) is 0 Å². The molecule has 18 heavy (non-hydrogen) atoms. The number of hydrogen-bond acceptors (Lipinski definition) is 3. The maximum Gasteiger partial charge on any atom is 0.137 e. The minimum Gasteiger partial charge on any atom is -0.300 e. The fraction of sp³-hybridized carbons (Fsp3) is 0.267. The van der Waals surface area contributed by atoms with Crippen molar-refractivity contribution in [2.75, 3.05) is 0 Å². The molecule has 1 heterocycles. The van der Waals surface area contributed by atoms with E-state index in [1.54, 1.807) is 13.1 Å². The average Bonchev–Trinajstić information content (AvgIpc) is 2.32. The van der Waals surface area contributed by atoms with Gasteiger partial charge >= 0.3 is 0 Å². The topological polar surface area (TPSA) is 42.9 Å². The minimum absolute atomic E-state index is 0.0770. The van der Waals surface area contributed by atoms with E-state index in [-0.39, 0.29) is 5.78 Å². The zero-order chi connectivity index (χ0) is 13.1. The Morgan fingerprint density at radius 1 is 1.22 bits per heavy atom. The third-order valence-electron chi connectivity index (χ3n) is 2.78. The number of ketones is 1. The van der Waals surface area contributed by atoms with Crippen molar-refractivity contribution in [2.24, 2.45) is 0 Å². The second-order valence-electron chi connectivity index (χ2n) is 4.56. The molecule has 3 heteroatoms. The zero-order valence-electron chi connectivity index (χ0n) is 10.9. The molecule has 92 valence electrons. The second-order valence-corrected chi connectivity index (χ2v) is 4.56. The van der Waals surface area contributed by atoms with Gasteiger partial charge in [-0.2, -0.15) is 0 Å². The first-order valence-corrected chi connectivity index (χ1v) is 5.95. The molecular weight excluding hydrogens is 224 g/mol. The smallest absolute Gasteiger partial charge is 0.137 e. The Balaban J connectivity index is 2.44. The van der Waals surface area contributed by atoms with Crippen molar-refractivity contribution in [1.82, 2.24) is 9.97 Å². The van der Waals surface area contributed by atoms with Gasteiger partial charge in [-0.05, 0) is 38.5 Å². The highest BCUT2D eigenvalue weighted by Crippen LogP contribution is 2.22. The number of aromatic nitrogens is 2. The van der Waals surface area contributed by atoms with Gasteiger partial charge in [-0.1, -0.05) is 17.7 Å². The molecule has 0 atom stereocenters. The molecule has 0 saturated heterocycles. The fourth-order valence-electron chi connectivity index (χ4n) is 1.87. The predicted molar refractivity (Wildman–Crippen MR) is 71.3 cm³/mol. The Morgan fingerprint density at radius 3 is 2.72 bits per heavy atom. The Bertz CT molecular complexity index is 591. The van der Waals surface area contributed by atoms with E-state index in [2.05, 4.69) is 42.0 Å². The summed E-state index contributed by atoms with van der Waals surface area (Å²) in [6.45, 7) is 5.66. The van der Waals surface area contributed by atoms with E-state index in [1.165, 1.54) is 11.1 Å². The van der Waals surface area contributed by atoms with Gasteiger partial charge in [-0.15, -0.1) is 0 Å². The molecule has 0 amide bonds. The van der Waals surface area contributed by atoms with Gasteiger partial charge in [0.1, 0.15) is 11.6 Å². The summed E-state index contributed by atoms with van der Waals surface area (Å²) in [5.41, 5.74) is 4.35. The lowest BCUT2D eigenvalue weighted by atomic mass is 10.0. The van der Waals surface area contributed by atoms with Gasteiger partial charge in [-0.3, -0.25) is 4.79 Å². The van der Waals surface area contributed by atoms with Gasteiger partial charge in [0.15, 0.2) is 0 Å². The van der Waals surface area contributed by atoms with Crippen molar-refractivity contribution in [3.05, 3.63) is 47.4 Å². The third kappa shape index (κ3) is 2.80. The van der Waals surface area contributed by atoms with Gasteiger partial charge in [0.25, 0.3) is 0 Å². The zero-order valence-corrected chi connectivity index (χ0v) is 10.9. The monoisotopic (exact) mass is 240 g/mol. The molecule has 0 saturated carbocycles. The lowest BCUT2D eigenvalue weighted by molar-refractivity contribution is -0.116. The first-order chi connectivity index (χ1) is 8.56. The number of Topliss-reactive ketones (excluding diaryl/α,β-unsaturated/α-hetero) is 1. The van der Waals surface area contributed by atoms with E-state index < -0.39 is 0 Å². The van der Waals surface area contributed by atoms with Crippen LogP contribution in [0.15, 0.2) is 30.5 Å². The third-order valence-corrected chi connectivity index (χ3v) is 2.78. The van der Waals surface area contributed by atoms with E-state index >= 15 is 0 Å². The number of hydrogen-bond donors (Lipinski definition) is 0. The molecule has 0 aliphatic carbocycles. The van der Waals surface area contributed by atoms with Crippen molar-refractivity contribution < 1.29 is 4.79 Å². The van der Waals surface area contributed by atoms with Crippen LogP contribution >= 0.6 is 0 Å². The van der Waals surface area contributed by atoms with E-state index in [0.717, 1.165) is 11.3 Å². The van der Waals surface area contributed by atoms with Crippen LogP contribution in [0.2, 0.25) is 0 Å². The van der Waals surface area contributed by atoms with Crippen LogP contribution in [0.5, 0.6) is 0 Å². The van der Waals surface area contributed by atoms with Gasteiger partial charge in [0, 0.05) is 11.8 Å². The number of carbonyl (C=O) groups is 1. The molecule has 0 aliphatic rings. The van der Waals surface area contributed by atoms with Crippen molar-refractivity contribution in [3.8, 4) is 11.3 Å². The summed E-state index contributed by atoms with van der Waals surface area (Å²) in [4.78, 5) is 19.7. The van der Waals surface area contributed by atoms with Crippen LogP contribution in [0.3, 0.4) is 0 Å². The standard InChI is InChI=1S/C15H16N2O/c1-10-4-5-11(2)13(8-10)14-6-7-16-15(17-14)9-12(3)18/h4-8H,9H2,1-3H3. The van der Waals surface area contributed by atoms with Gasteiger partial charge in [0.2, 0.25) is 0 Å². The fourth-order valence-corrected chi connectivity index (χ4v) is 1.87. The highest BCUT2D eigenvalue weighted by atomic mass is 16.1. The highest BCUT2D eigenvalue weighted by molar-refractivity contribution is 5.77. The molecule has 0 fully saturated rings. The molecule has 0 spiro atoms. The van der Waals surface area contributed by atoms with Crippen LogP contribution in [0.1, 0.15) is 23.9 Å². The van der Waals surface area contributed by atoms with Crippen LogP contribution in [0.4, 0.5) is 0 Å². The van der Waals surface area contributed by atoms with Crippen molar-refractivity contribution >= 4 is 5.78 Å². The summed E-state index contributed by atoms with van der Waals surface area (Å²) in [7, 11) is 0. The largest absolute Gasteiger partial charge is 0.300 e. The molecule has 1 aromatic carbocycles. The lowest BCUT2D eigenvalue weighted by Crippen LogP contribution is -2.03. The van der Waals surface area contributed by atoms with Crippen molar-refractivity contribution in [2.45, 2.75) is 27.2 Å². The lowest BCUT2D eigenvalue weighted by Gasteiger charge is -2.07. The molecule has 2 aromatic rings. The quantitative estimate of drug-likeness (QED) is 0.828. The molecule has 2 rings (SSSR count). The highest BCUT2D eigenvalue weighted by Gasteiger charge is 2.07. The summed E-state index contributed by atoms with van der Waals surface area (Å²) < 4.78 is 0. The Morgan fingerprint density at radius 2 is 2.00 bits per heavy atom. The number of rotatable bonds is 3. The van der Waals surface area contributed by atoms with Crippen LogP contribution in [-0.2, 0) is 11.2 Å². The summed E-state index contributed by atoms with van der Waals surface area (Å²) >= 11 is 0. The summed E-state index contributed by atoms with van der Waals surface area (Å²) in [6, 6.07) is 8.15. The summed E-state index contributed by atoms with van der Waals surface area (Å²) in [6.07, 6.45) is 2.00. The Kier molecular flexibility index (Phi) is 3.51. The van der Waals surface area contributed by atoms with Gasteiger partial charge in [-0.25, -0.2) is 9.97 Å². The molecule has 1 aromatic heterocycles. The van der Waals surface area contributed by atoms with Gasteiger partial charge < -0.3 is 0 Å². The van der Waals surface area contributed by atoms with Crippen LogP contribution in [-0.4, -0.2) is 15.8 Å². The SMILES string of the molecule is CC(=O)Cc1nccc(-c2cc(C)ccc2C)n1. The Hall–Kier alpha value is -2.03. The molecule has 0 aliphatic heterocycles. The normalized spacial score (nSPS) is 10.4. The van der Waals surface area contributed by atoms with E-state index in [1.807, 2.05) is 6.07 Å². The molecule has 0 bridgehead atoms. The molecule has 0 N–H and O–H groups in total. The van der Waals surface area contributed by atoms with Crippen LogP contribution < -0.4 is 0 Å². The Labute approximate surface area is 107 Å². The van der Waals surface area contributed by atoms with Gasteiger partial charge in [0.05, 0.1) is 12.1 Å². The number of nitrogens with zero attached hydrogens (tertiary/aromatic N) is 2. The average molecular weight is 240 g/mol. The maximum absolute atomic E-state index is 11.1. The maximum atomic E-state index is 11.1. The van der Waals surface area contributed by atoms with Crippen LogP contribution in [0, 0.1) is 13.8 Å². The minimum atomic E-state index is 0.0770. The number of benzene rings is 1. The van der Waals surface area contributed by atoms with E-state index in [9.17, 15) is 4.79 Å². The molecule has 0 unspecified atom stereocenters. The second kappa shape index (κ2) is 5.08.